The third kappa shape index (κ3) is 3.63. The van der Waals surface area contributed by atoms with E-state index < -0.39 is 25.8 Å². The van der Waals surface area contributed by atoms with Gasteiger partial charge in [-0.1, -0.05) is 18.2 Å². The fourth-order valence-electron chi connectivity index (χ4n) is 1.39. The number of hydrogen-bond acceptors (Lipinski definition) is 5. The van der Waals surface area contributed by atoms with Crippen molar-refractivity contribution in [3.63, 3.8) is 0 Å². The SMILES string of the molecule is COC(=O)CC(C(S)Cl)S(=O)(=O)c1ccccc1. The standard InChI is InChI=1S/C11H13ClO4S2/c1-16-10(13)7-9(11(12)17)18(14,15)8-5-3-2-4-6-8/h2-6,9,11,17H,7H2,1H3. The number of sulfone groups is 1. The van der Waals surface area contributed by atoms with Crippen LogP contribution in [0.5, 0.6) is 0 Å². The minimum Gasteiger partial charge on any atom is -0.469 e. The van der Waals surface area contributed by atoms with Crippen LogP contribution >= 0.6 is 24.2 Å². The molecule has 0 saturated heterocycles. The maximum atomic E-state index is 12.3. The quantitative estimate of drug-likeness (QED) is 0.512. The van der Waals surface area contributed by atoms with E-state index in [1.165, 1.54) is 19.2 Å². The molecule has 0 aromatic heterocycles. The summed E-state index contributed by atoms with van der Waals surface area (Å²) in [5, 5.41) is -1.13. The Morgan fingerprint density at radius 3 is 2.39 bits per heavy atom. The van der Waals surface area contributed by atoms with Crippen molar-refractivity contribution in [3.8, 4) is 0 Å². The summed E-state index contributed by atoms with van der Waals surface area (Å²) in [6, 6.07) is 7.81. The summed E-state index contributed by atoms with van der Waals surface area (Å²) >= 11 is 9.69. The summed E-state index contributed by atoms with van der Waals surface area (Å²) in [6.07, 6.45) is -0.328. The molecule has 0 heterocycles. The topological polar surface area (TPSA) is 60.4 Å². The van der Waals surface area contributed by atoms with Crippen LogP contribution in [0.2, 0.25) is 0 Å². The molecular weight excluding hydrogens is 296 g/mol. The number of methoxy groups -OCH3 is 1. The van der Waals surface area contributed by atoms with Gasteiger partial charge in [-0.3, -0.25) is 4.79 Å². The molecule has 0 bridgehead atoms. The Morgan fingerprint density at radius 1 is 1.39 bits per heavy atom. The molecule has 18 heavy (non-hydrogen) atoms. The molecule has 0 fully saturated rings. The zero-order valence-corrected chi connectivity index (χ0v) is 12.1. The van der Waals surface area contributed by atoms with Gasteiger partial charge in [0.05, 0.1) is 23.1 Å². The Morgan fingerprint density at radius 2 is 1.94 bits per heavy atom. The number of rotatable bonds is 5. The Hall–Kier alpha value is -0.720. The van der Waals surface area contributed by atoms with Crippen molar-refractivity contribution in [3.05, 3.63) is 30.3 Å². The van der Waals surface area contributed by atoms with Crippen LogP contribution in [0.3, 0.4) is 0 Å². The fourth-order valence-corrected chi connectivity index (χ4v) is 4.01. The lowest BCUT2D eigenvalue weighted by Crippen LogP contribution is -2.31. The second-order valence-corrected chi connectivity index (χ2v) is 7.05. The number of halogens is 1. The van der Waals surface area contributed by atoms with Gasteiger partial charge in [-0.15, -0.1) is 11.6 Å². The first-order chi connectivity index (χ1) is 8.39. The maximum Gasteiger partial charge on any atom is 0.306 e. The Balaban J connectivity index is 3.10. The monoisotopic (exact) mass is 308 g/mol. The van der Waals surface area contributed by atoms with Crippen LogP contribution < -0.4 is 0 Å². The highest BCUT2D eigenvalue weighted by atomic mass is 35.5. The van der Waals surface area contributed by atoms with Gasteiger partial charge in [0.2, 0.25) is 0 Å². The summed E-state index contributed by atoms with van der Waals surface area (Å²) in [7, 11) is -2.52. The predicted molar refractivity (Wildman–Crippen MR) is 72.7 cm³/mol. The van der Waals surface area contributed by atoms with Gasteiger partial charge in [-0.05, 0) is 12.1 Å². The van der Waals surface area contributed by atoms with Crippen molar-refractivity contribution in [1.82, 2.24) is 0 Å². The molecule has 100 valence electrons. The van der Waals surface area contributed by atoms with E-state index in [-0.39, 0.29) is 11.3 Å². The van der Waals surface area contributed by atoms with Crippen LogP contribution in [0.15, 0.2) is 35.2 Å². The zero-order chi connectivity index (χ0) is 13.8. The molecule has 0 amide bonds. The third-order valence-corrected chi connectivity index (χ3v) is 5.55. The lowest BCUT2D eigenvalue weighted by atomic mass is 10.3. The maximum absolute atomic E-state index is 12.3. The van der Waals surface area contributed by atoms with Crippen molar-refractivity contribution in [1.29, 1.82) is 0 Å². The van der Waals surface area contributed by atoms with Gasteiger partial charge >= 0.3 is 5.97 Å². The molecule has 2 unspecified atom stereocenters. The number of alkyl halides is 1. The summed E-state index contributed by atoms with van der Waals surface area (Å²) in [5.41, 5.74) is 0. The molecule has 1 aromatic carbocycles. The van der Waals surface area contributed by atoms with Crippen molar-refractivity contribution < 1.29 is 17.9 Å². The van der Waals surface area contributed by atoms with Gasteiger partial charge in [0.15, 0.2) is 9.84 Å². The van der Waals surface area contributed by atoms with Gasteiger partial charge in [0, 0.05) is 0 Å². The van der Waals surface area contributed by atoms with Gasteiger partial charge in [-0.25, -0.2) is 8.42 Å². The number of benzene rings is 1. The lowest BCUT2D eigenvalue weighted by Gasteiger charge is -2.18. The normalized spacial score (nSPS) is 14.8. The first-order valence-electron chi connectivity index (χ1n) is 5.07. The number of carbonyl (C=O) groups is 1. The molecule has 7 heteroatoms. The lowest BCUT2D eigenvalue weighted by molar-refractivity contribution is -0.140. The zero-order valence-electron chi connectivity index (χ0n) is 9.61. The molecule has 0 saturated carbocycles. The summed E-state index contributed by atoms with van der Waals surface area (Å²) < 4.78 is 28.0. The van der Waals surface area contributed by atoms with Crippen LogP contribution in [0.25, 0.3) is 0 Å². The number of thiol groups is 1. The molecule has 1 aromatic rings. The molecule has 4 nitrogen and oxygen atoms in total. The van der Waals surface area contributed by atoms with Crippen molar-refractivity contribution >= 4 is 40.0 Å². The smallest absolute Gasteiger partial charge is 0.306 e. The molecule has 0 aliphatic rings. The molecule has 0 radical (unpaired) electrons. The highest BCUT2D eigenvalue weighted by molar-refractivity contribution is 7.93. The van der Waals surface area contributed by atoms with Gasteiger partial charge in [0.1, 0.15) is 5.25 Å². The first-order valence-corrected chi connectivity index (χ1v) is 7.57. The van der Waals surface area contributed by atoms with Crippen LogP contribution in [-0.4, -0.2) is 31.5 Å². The highest BCUT2D eigenvalue weighted by Gasteiger charge is 2.34. The van der Waals surface area contributed by atoms with E-state index in [0.29, 0.717) is 0 Å². The molecule has 0 spiro atoms. The van der Waals surface area contributed by atoms with E-state index >= 15 is 0 Å². The van der Waals surface area contributed by atoms with Gasteiger partial charge in [0.25, 0.3) is 0 Å². The van der Waals surface area contributed by atoms with Crippen LogP contribution in [0, 0.1) is 0 Å². The molecular formula is C11H13ClO4S2. The minimum atomic E-state index is -3.71. The van der Waals surface area contributed by atoms with Crippen LogP contribution in [0.1, 0.15) is 6.42 Å². The fraction of sp³-hybridized carbons (Fsp3) is 0.364. The molecule has 0 aliphatic heterocycles. The minimum absolute atomic E-state index is 0.110. The Bertz CT molecular complexity index is 499. The predicted octanol–water partition coefficient (Wildman–Crippen LogP) is 1.89. The van der Waals surface area contributed by atoms with Crippen LogP contribution in [0.4, 0.5) is 0 Å². The van der Waals surface area contributed by atoms with E-state index in [4.69, 9.17) is 11.6 Å². The van der Waals surface area contributed by atoms with Crippen molar-refractivity contribution in [2.45, 2.75) is 21.3 Å². The number of hydrogen-bond donors (Lipinski definition) is 1. The second kappa shape index (κ2) is 6.45. The Labute approximate surface area is 117 Å². The molecule has 0 aliphatic carbocycles. The van der Waals surface area contributed by atoms with Crippen LogP contribution in [-0.2, 0) is 19.4 Å². The average Bonchev–Trinajstić information content (AvgIpc) is 2.36. The van der Waals surface area contributed by atoms with E-state index in [0.717, 1.165) is 0 Å². The first kappa shape index (κ1) is 15.3. The third-order valence-electron chi connectivity index (χ3n) is 2.37. The van der Waals surface area contributed by atoms with Gasteiger partial charge in [-0.2, -0.15) is 12.6 Å². The summed E-state index contributed by atoms with van der Waals surface area (Å²) in [4.78, 5) is 11.3. The highest BCUT2D eigenvalue weighted by Crippen LogP contribution is 2.25. The number of ether oxygens (including phenoxy) is 1. The molecule has 2 atom stereocenters. The van der Waals surface area contributed by atoms with E-state index in [2.05, 4.69) is 17.4 Å². The van der Waals surface area contributed by atoms with Gasteiger partial charge < -0.3 is 4.74 Å². The van der Waals surface area contributed by atoms with E-state index in [1.807, 2.05) is 0 Å². The largest absolute Gasteiger partial charge is 0.469 e. The van der Waals surface area contributed by atoms with E-state index in [9.17, 15) is 13.2 Å². The number of esters is 1. The van der Waals surface area contributed by atoms with E-state index in [1.54, 1.807) is 18.2 Å². The molecule has 0 N–H and O–H groups in total. The number of carbonyl (C=O) groups excluding carboxylic acids is 1. The summed E-state index contributed by atoms with van der Waals surface area (Å²) in [6.45, 7) is 0. The second-order valence-electron chi connectivity index (χ2n) is 3.55. The average molecular weight is 309 g/mol. The molecule has 1 rings (SSSR count). The Kier molecular flexibility index (Phi) is 5.49. The summed E-state index contributed by atoms with van der Waals surface area (Å²) in [5.74, 6) is -0.640. The van der Waals surface area contributed by atoms with Crippen molar-refractivity contribution in [2.75, 3.05) is 7.11 Å². The van der Waals surface area contributed by atoms with Crippen molar-refractivity contribution in [2.24, 2.45) is 0 Å².